The molecule has 1 saturated carbocycles. The molecular weight excluding hydrogens is 351 g/mol. The Morgan fingerprint density at radius 3 is 2.73 bits per heavy atom. The predicted molar refractivity (Wildman–Crippen MR) is 86.8 cm³/mol. The molecule has 0 radical (unpaired) electrons. The van der Waals surface area contributed by atoms with Gasteiger partial charge in [0.15, 0.2) is 5.82 Å². The van der Waals surface area contributed by atoms with Gasteiger partial charge in [-0.2, -0.15) is 4.98 Å². The fourth-order valence-electron chi connectivity index (χ4n) is 3.21. The topological polar surface area (TPSA) is 63.7 Å². The first kappa shape index (κ1) is 18.8. The van der Waals surface area contributed by atoms with Crippen LogP contribution in [0.25, 0.3) is 0 Å². The smallest absolute Gasteiger partial charge is 0.255 e. The highest BCUT2D eigenvalue weighted by molar-refractivity contribution is 5.82. The molecule has 1 aliphatic carbocycles. The molecule has 3 rings (SSSR count). The van der Waals surface area contributed by atoms with E-state index in [0.717, 1.165) is 19.4 Å². The summed E-state index contributed by atoms with van der Waals surface area (Å²) in [4.78, 5) is 17.8. The summed E-state index contributed by atoms with van der Waals surface area (Å²) in [5, 5.41) is 3.12. The van der Waals surface area contributed by atoms with Crippen LogP contribution in [0.2, 0.25) is 0 Å². The van der Waals surface area contributed by atoms with Crippen LogP contribution in [0.3, 0.4) is 0 Å². The number of alkyl halides is 2. The van der Waals surface area contributed by atoms with E-state index < -0.39 is 30.7 Å². The van der Waals surface area contributed by atoms with Crippen LogP contribution in [0, 0.1) is 5.82 Å². The zero-order valence-electron chi connectivity index (χ0n) is 14.7. The van der Waals surface area contributed by atoms with Gasteiger partial charge in [-0.3, -0.25) is 4.79 Å². The maximum Gasteiger partial charge on any atom is 0.255 e. The molecule has 1 saturated heterocycles. The van der Waals surface area contributed by atoms with Gasteiger partial charge in [0.25, 0.3) is 11.8 Å². The Morgan fingerprint density at radius 1 is 1.42 bits per heavy atom. The first-order chi connectivity index (χ1) is 12.3. The second kappa shape index (κ2) is 7.30. The van der Waals surface area contributed by atoms with Crippen molar-refractivity contribution in [3.05, 3.63) is 17.4 Å². The third-order valence-electron chi connectivity index (χ3n) is 4.65. The zero-order valence-corrected chi connectivity index (χ0v) is 14.7. The van der Waals surface area contributed by atoms with Gasteiger partial charge < -0.3 is 19.7 Å². The van der Waals surface area contributed by atoms with Crippen molar-refractivity contribution in [2.75, 3.05) is 20.7 Å². The number of pyridine rings is 1. The summed E-state index contributed by atoms with van der Waals surface area (Å²) in [7, 11) is 2.99. The number of hydrogen-bond donors (Lipinski definition) is 1. The van der Waals surface area contributed by atoms with E-state index in [9.17, 15) is 18.0 Å². The number of ether oxygens (including phenoxy) is 2. The van der Waals surface area contributed by atoms with Crippen molar-refractivity contribution in [2.45, 2.75) is 50.3 Å². The van der Waals surface area contributed by atoms with Crippen LogP contribution in [0.15, 0.2) is 6.07 Å². The van der Waals surface area contributed by atoms with Gasteiger partial charge >= 0.3 is 0 Å². The van der Waals surface area contributed by atoms with Crippen molar-refractivity contribution >= 4 is 5.91 Å². The van der Waals surface area contributed by atoms with Crippen LogP contribution in [0.4, 0.5) is 13.2 Å². The minimum absolute atomic E-state index is 0.0815. The number of carbonyl (C=O) groups excluding carboxylic acids is 1. The number of likely N-dealkylation sites (N-methyl/N-ethyl adjacent to an activating group) is 1. The van der Waals surface area contributed by atoms with E-state index in [1.807, 2.05) is 0 Å². The first-order valence-corrected chi connectivity index (χ1v) is 8.55. The van der Waals surface area contributed by atoms with Gasteiger partial charge in [-0.05, 0) is 25.5 Å². The number of amides is 1. The summed E-state index contributed by atoms with van der Waals surface area (Å²) >= 11 is 0. The fourth-order valence-corrected chi connectivity index (χ4v) is 3.21. The molecule has 1 atom stereocenters. The van der Waals surface area contributed by atoms with Crippen molar-refractivity contribution in [2.24, 2.45) is 0 Å². The van der Waals surface area contributed by atoms with Crippen molar-refractivity contribution in [1.82, 2.24) is 15.2 Å². The Morgan fingerprint density at radius 2 is 2.15 bits per heavy atom. The van der Waals surface area contributed by atoms with Crippen molar-refractivity contribution < 1.29 is 27.4 Å². The quantitative estimate of drug-likeness (QED) is 0.828. The molecular formula is C17H22F3N3O3. The molecule has 9 heteroatoms. The second-order valence-electron chi connectivity index (χ2n) is 6.79. The summed E-state index contributed by atoms with van der Waals surface area (Å²) in [6, 6.07) is 0.941. The maximum atomic E-state index is 14.3. The average molecular weight is 373 g/mol. The molecule has 0 bridgehead atoms. The molecule has 1 unspecified atom stereocenters. The third-order valence-corrected chi connectivity index (χ3v) is 4.65. The Balaban J connectivity index is 1.69. The zero-order chi connectivity index (χ0) is 18.9. The van der Waals surface area contributed by atoms with Crippen LogP contribution in [0.5, 0.6) is 11.8 Å². The number of methoxy groups -OCH3 is 1. The molecule has 1 N–H and O–H groups in total. The third kappa shape index (κ3) is 4.03. The Hall–Kier alpha value is -2.03. The fraction of sp³-hybridized carbons (Fsp3) is 0.647. The molecule has 1 aromatic rings. The van der Waals surface area contributed by atoms with Gasteiger partial charge in [-0.15, -0.1) is 0 Å². The van der Waals surface area contributed by atoms with Gasteiger partial charge in [-0.1, -0.05) is 0 Å². The lowest BCUT2D eigenvalue weighted by molar-refractivity contribution is -0.136. The second-order valence-corrected chi connectivity index (χ2v) is 6.79. The van der Waals surface area contributed by atoms with Crippen LogP contribution in [0.1, 0.15) is 31.2 Å². The number of nitrogens with zero attached hydrogens (tertiary/aromatic N) is 2. The SMILES string of the molecule is COc1nc(OC2CC(F)(F)C2)c(F)cc1CN(C)C(=O)C1CCCN1. The summed E-state index contributed by atoms with van der Waals surface area (Å²) < 4.78 is 50.4. The van der Waals surface area contributed by atoms with E-state index in [0.29, 0.717) is 5.56 Å². The standard InChI is InChI=1S/C17H22F3N3O3/c1-23(16(24)13-4-3-5-21-13)9-10-6-12(18)15(22-14(10)25-2)26-11-7-17(19,20)8-11/h6,11,13,21H,3-5,7-9H2,1-2H3. The lowest BCUT2D eigenvalue weighted by Gasteiger charge is -2.34. The molecule has 1 amide bonds. The van der Waals surface area contributed by atoms with Crippen LogP contribution in [-0.4, -0.2) is 54.6 Å². The minimum atomic E-state index is -2.76. The van der Waals surface area contributed by atoms with Gasteiger partial charge in [0, 0.05) is 25.5 Å². The molecule has 0 spiro atoms. The van der Waals surface area contributed by atoms with Crippen LogP contribution in [-0.2, 0) is 11.3 Å². The highest BCUT2D eigenvalue weighted by atomic mass is 19.3. The van der Waals surface area contributed by atoms with Gasteiger partial charge in [0.05, 0.1) is 19.7 Å². The summed E-state index contributed by atoms with van der Waals surface area (Å²) in [6.45, 7) is 0.919. The highest BCUT2D eigenvalue weighted by Gasteiger charge is 2.47. The Bertz CT molecular complexity index is 673. The van der Waals surface area contributed by atoms with E-state index in [1.165, 1.54) is 18.1 Å². The largest absolute Gasteiger partial charge is 0.481 e. The summed E-state index contributed by atoms with van der Waals surface area (Å²) in [5.41, 5.74) is 0.380. The van der Waals surface area contributed by atoms with E-state index in [2.05, 4.69) is 10.3 Å². The summed E-state index contributed by atoms with van der Waals surface area (Å²) in [6.07, 6.45) is 0.0373. The van der Waals surface area contributed by atoms with Crippen LogP contribution < -0.4 is 14.8 Å². The van der Waals surface area contributed by atoms with E-state index in [-0.39, 0.29) is 30.3 Å². The lowest BCUT2D eigenvalue weighted by atomic mass is 9.91. The molecule has 2 heterocycles. The van der Waals surface area contributed by atoms with E-state index in [4.69, 9.17) is 9.47 Å². The lowest BCUT2D eigenvalue weighted by Crippen LogP contribution is -2.43. The summed E-state index contributed by atoms with van der Waals surface area (Å²) in [5.74, 6) is -3.87. The number of halogens is 3. The monoisotopic (exact) mass is 373 g/mol. The predicted octanol–water partition coefficient (Wildman–Crippen LogP) is 2.12. The van der Waals surface area contributed by atoms with E-state index >= 15 is 0 Å². The van der Waals surface area contributed by atoms with Gasteiger partial charge in [0.2, 0.25) is 11.8 Å². The number of hydrogen-bond acceptors (Lipinski definition) is 5. The van der Waals surface area contributed by atoms with Crippen molar-refractivity contribution in [1.29, 1.82) is 0 Å². The van der Waals surface area contributed by atoms with E-state index in [1.54, 1.807) is 7.05 Å². The van der Waals surface area contributed by atoms with Crippen LogP contribution >= 0.6 is 0 Å². The molecule has 2 aliphatic rings. The molecule has 0 aromatic carbocycles. The maximum absolute atomic E-state index is 14.3. The minimum Gasteiger partial charge on any atom is -0.481 e. The Kier molecular flexibility index (Phi) is 5.27. The molecule has 2 fully saturated rings. The Labute approximate surface area is 149 Å². The molecule has 1 aromatic heterocycles. The number of carbonyl (C=O) groups is 1. The van der Waals surface area contributed by atoms with Crippen molar-refractivity contribution in [3.63, 3.8) is 0 Å². The van der Waals surface area contributed by atoms with Gasteiger partial charge in [0.1, 0.15) is 6.10 Å². The molecule has 6 nitrogen and oxygen atoms in total. The molecule has 26 heavy (non-hydrogen) atoms. The number of aromatic nitrogens is 1. The number of rotatable bonds is 6. The average Bonchev–Trinajstić information content (AvgIpc) is 3.09. The normalized spacial score (nSPS) is 22.0. The van der Waals surface area contributed by atoms with Gasteiger partial charge in [-0.25, -0.2) is 13.2 Å². The highest BCUT2D eigenvalue weighted by Crippen LogP contribution is 2.40. The molecule has 1 aliphatic heterocycles. The first-order valence-electron chi connectivity index (χ1n) is 8.55. The molecule has 144 valence electrons. The number of nitrogens with one attached hydrogen (secondary N) is 1. The van der Waals surface area contributed by atoms with Crippen molar-refractivity contribution in [3.8, 4) is 11.8 Å².